The van der Waals surface area contributed by atoms with Crippen molar-refractivity contribution in [2.24, 2.45) is 0 Å². The summed E-state index contributed by atoms with van der Waals surface area (Å²) >= 11 is 0. The van der Waals surface area contributed by atoms with Crippen molar-refractivity contribution in [3.8, 4) is 5.75 Å². The molecule has 1 aromatic carbocycles. The molecule has 0 saturated carbocycles. The minimum Gasteiger partial charge on any atom is -0.508 e. The van der Waals surface area contributed by atoms with E-state index in [1.807, 2.05) is 6.07 Å². The van der Waals surface area contributed by atoms with Gasteiger partial charge in [-0.05, 0) is 56.0 Å². The number of aryl methyl sites for hydroxylation is 1. The van der Waals surface area contributed by atoms with Gasteiger partial charge in [0.1, 0.15) is 5.75 Å². The average Bonchev–Trinajstić information content (AvgIpc) is 2.91. The van der Waals surface area contributed by atoms with Gasteiger partial charge in [-0.2, -0.15) is 0 Å². The van der Waals surface area contributed by atoms with Gasteiger partial charge in [0.25, 0.3) is 0 Å². The maximum Gasteiger partial charge on any atom is 0.115 e. The third-order valence-corrected chi connectivity index (χ3v) is 4.39. The summed E-state index contributed by atoms with van der Waals surface area (Å²) in [5, 5.41) is 9.71. The fraction of sp³-hybridized carbons (Fsp3) is 0.600. The molecular formula is C15H21NO2. The van der Waals surface area contributed by atoms with Crippen molar-refractivity contribution in [2.75, 3.05) is 20.3 Å². The predicted molar refractivity (Wildman–Crippen MR) is 70.8 cm³/mol. The minimum atomic E-state index is 0.386. The molecule has 3 heteroatoms. The second-order valence-electron chi connectivity index (χ2n) is 5.47. The molecule has 2 aliphatic rings. The lowest BCUT2D eigenvalue weighted by molar-refractivity contribution is 0.124. The largest absolute Gasteiger partial charge is 0.508 e. The first-order valence-corrected chi connectivity index (χ1v) is 6.87. The zero-order valence-corrected chi connectivity index (χ0v) is 10.9. The second-order valence-corrected chi connectivity index (χ2v) is 5.47. The standard InChI is InChI=1S/C15H21NO2/c1-16(12-7-8-18-10-12)15-4-2-3-11-5-6-13(17)9-14(11)15/h5-6,9,12,15,17H,2-4,7-8,10H2,1H3. The molecule has 1 aliphatic heterocycles. The third-order valence-electron chi connectivity index (χ3n) is 4.39. The van der Waals surface area contributed by atoms with E-state index in [9.17, 15) is 5.11 Å². The zero-order valence-electron chi connectivity index (χ0n) is 10.9. The van der Waals surface area contributed by atoms with Gasteiger partial charge in [0.05, 0.1) is 6.61 Å². The van der Waals surface area contributed by atoms with Crippen LogP contribution < -0.4 is 0 Å². The van der Waals surface area contributed by atoms with E-state index in [0.717, 1.165) is 26.1 Å². The molecule has 1 N–H and O–H groups in total. The van der Waals surface area contributed by atoms with E-state index in [1.54, 1.807) is 6.07 Å². The second kappa shape index (κ2) is 4.90. The molecule has 1 aliphatic carbocycles. The maximum atomic E-state index is 9.71. The lowest BCUT2D eigenvalue weighted by Crippen LogP contribution is -2.37. The van der Waals surface area contributed by atoms with Gasteiger partial charge in [0, 0.05) is 18.7 Å². The number of hydrogen-bond acceptors (Lipinski definition) is 3. The average molecular weight is 247 g/mol. The van der Waals surface area contributed by atoms with E-state index < -0.39 is 0 Å². The molecule has 2 unspecified atom stereocenters. The quantitative estimate of drug-likeness (QED) is 0.871. The summed E-state index contributed by atoms with van der Waals surface area (Å²) in [7, 11) is 2.20. The molecule has 0 aromatic heterocycles. The predicted octanol–water partition coefficient (Wildman–Crippen LogP) is 2.49. The van der Waals surface area contributed by atoms with E-state index in [1.165, 1.54) is 24.0 Å². The highest BCUT2D eigenvalue weighted by Crippen LogP contribution is 2.37. The first-order chi connectivity index (χ1) is 8.75. The van der Waals surface area contributed by atoms with Crippen LogP contribution in [0, 0.1) is 0 Å². The van der Waals surface area contributed by atoms with Gasteiger partial charge in [-0.1, -0.05) is 6.07 Å². The number of fused-ring (bicyclic) bond motifs is 1. The summed E-state index contributed by atoms with van der Waals surface area (Å²) in [5.41, 5.74) is 2.71. The number of hydrogen-bond donors (Lipinski definition) is 1. The molecule has 1 fully saturated rings. The van der Waals surface area contributed by atoms with Crippen LogP contribution in [0.25, 0.3) is 0 Å². The fourth-order valence-electron chi connectivity index (χ4n) is 3.28. The highest BCUT2D eigenvalue weighted by molar-refractivity contribution is 5.38. The number of phenolic OH excluding ortho intramolecular Hbond substituents is 1. The molecule has 0 bridgehead atoms. The van der Waals surface area contributed by atoms with Gasteiger partial charge < -0.3 is 9.84 Å². The van der Waals surface area contributed by atoms with Crippen LogP contribution in [0.2, 0.25) is 0 Å². The number of nitrogens with zero attached hydrogens (tertiary/aromatic N) is 1. The van der Waals surface area contributed by atoms with Crippen molar-refractivity contribution in [3.05, 3.63) is 29.3 Å². The van der Waals surface area contributed by atoms with E-state index in [0.29, 0.717) is 17.8 Å². The summed E-state index contributed by atoms with van der Waals surface area (Å²) in [6, 6.07) is 6.80. The van der Waals surface area contributed by atoms with Crippen LogP contribution in [0.4, 0.5) is 0 Å². The Morgan fingerprint density at radius 3 is 3.00 bits per heavy atom. The van der Waals surface area contributed by atoms with Gasteiger partial charge >= 0.3 is 0 Å². The van der Waals surface area contributed by atoms with Crippen molar-refractivity contribution in [1.82, 2.24) is 4.90 Å². The first kappa shape index (κ1) is 12.0. The Kier molecular flexibility index (Phi) is 3.27. The number of likely N-dealkylation sites (N-methyl/N-ethyl adjacent to an activating group) is 1. The van der Waals surface area contributed by atoms with E-state index >= 15 is 0 Å². The van der Waals surface area contributed by atoms with Gasteiger partial charge in [0.2, 0.25) is 0 Å². The van der Waals surface area contributed by atoms with Crippen LogP contribution in [0.3, 0.4) is 0 Å². The monoisotopic (exact) mass is 247 g/mol. The summed E-state index contributed by atoms with van der Waals surface area (Å²) < 4.78 is 5.49. The Hall–Kier alpha value is -1.06. The van der Waals surface area contributed by atoms with E-state index in [2.05, 4.69) is 18.0 Å². The SMILES string of the molecule is CN(C1CCOC1)C1CCCc2ccc(O)cc21. The summed E-state index contributed by atoms with van der Waals surface area (Å²) in [5.74, 6) is 0.386. The Bertz CT molecular complexity index is 427. The van der Waals surface area contributed by atoms with E-state index in [-0.39, 0.29) is 0 Å². The molecular weight excluding hydrogens is 226 g/mol. The minimum absolute atomic E-state index is 0.386. The molecule has 3 rings (SSSR count). The lowest BCUT2D eigenvalue weighted by atomic mass is 9.86. The lowest BCUT2D eigenvalue weighted by Gasteiger charge is -2.36. The Balaban J connectivity index is 1.87. The van der Waals surface area contributed by atoms with Gasteiger partial charge in [-0.15, -0.1) is 0 Å². The molecule has 1 aromatic rings. The Labute approximate surface area is 108 Å². The van der Waals surface area contributed by atoms with Crippen LogP contribution >= 0.6 is 0 Å². The molecule has 0 amide bonds. The summed E-state index contributed by atoms with van der Waals surface area (Å²) in [6.07, 6.45) is 4.69. The first-order valence-electron chi connectivity index (χ1n) is 6.87. The summed E-state index contributed by atoms with van der Waals surface area (Å²) in [6.45, 7) is 1.73. The number of rotatable bonds is 2. The highest BCUT2D eigenvalue weighted by atomic mass is 16.5. The molecule has 2 atom stereocenters. The molecule has 0 spiro atoms. The number of benzene rings is 1. The van der Waals surface area contributed by atoms with Gasteiger partial charge in [-0.25, -0.2) is 0 Å². The molecule has 18 heavy (non-hydrogen) atoms. The molecule has 3 nitrogen and oxygen atoms in total. The van der Waals surface area contributed by atoms with Crippen molar-refractivity contribution in [3.63, 3.8) is 0 Å². The molecule has 1 saturated heterocycles. The Morgan fingerprint density at radius 2 is 2.22 bits per heavy atom. The van der Waals surface area contributed by atoms with Crippen molar-refractivity contribution >= 4 is 0 Å². The topological polar surface area (TPSA) is 32.7 Å². The highest BCUT2D eigenvalue weighted by Gasteiger charge is 2.30. The fourth-order valence-corrected chi connectivity index (χ4v) is 3.28. The van der Waals surface area contributed by atoms with Gasteiger partial charge in [-0.3, -0.25) is 4.90 Å². The molecule has 0 radical (unpaired) electrons. The molecule has 1 heterocycles. The van der Waals surface area contributed by atoms with Crippen LogP contribution in [-0.4, -0.2) is 36.3 Å². The van der Waals surface area contributed by atoms with Gasteiger partial charge in [0.15, 0.2) is 0 Å². The Morgan fingerprint density at radius 1 is 1.33 bits per heavy atom. The van der Waals surface area contributed by atoms with Crippen molar-refractivity contribution in [1.29, 1.82) is 0 Å². The van der Waals surface area contributed by atoms with Crippen molar-refractivity contribution in [2.45, 2.75) is 37.8 Å². The van der Waals surface area contributed by atoms with Crippen LogP contribution in [0.15, 0.2) is 18.2 Å². The van der Waals surface area contributed by atoms with Crippen molar-refractivity contribution < 1.29 is 9.84 Å². The molecule has 98 valence electrons. The normalized spacial score (nSPS) is 27.4. The number of ether oxygens (including phenoxy) is 1. The summed E-state index contributed by atoms with van der Waals surface area (Å²) in [4.78, 5) is 2.45. The van der Waals surface area contributed by atoms with E-state index in [4.69, 9.17) is 4.74 Å². The smallest absolute Gasteiger partial charge is 0.115 e. The van der Waals surface area contributed by atoms with Crippen LogP contribution in [0.5, 0.6) is 5.75 Å². The van der Waals surface area contributed by atoms with Crippen LogP contribution in [-0.2, 0) is 11.2 Å². The number of phenols is 1. The number of aromatic hydroxyl groups is 1. The maximum absolute atomic E-state index is 9.71. The zero-order chi connectivity index (χ0) is 12.5. The third kappa shape index (κ3) is 2.13. The van der Waals surface area contributed by atoms with Crippen LogP contribution in [0.1, 0.15) is 36.4 Å².